The lowest BCUT2D eigenvalue weighted by molar-refractivity contribution is 0.0597. The number of hydrogen-bond donors (Lipinski definition) is 1. The van der Waals surface area contributed by atoms with Crippen LogP contribution in [0.4, 0.5) is 10.1 Å². The highest BCUT2D eigenvalue weighted by atomic mass is 127. The summed E-state index contributed by atoms with van der Waals surface area (Å²) in [6.45, 7) is 0. The largest absolute Gasteiger partial charge is 0.497 e. The van der Waals surface area contributed by atoms with E-state index < -0.39 is 17.7 Å². The number of ether oxygens (including phenoxy) is 2. The molecule has 0 saturated heterocycles. The van der Waals surface area contributed by atoms with Crippen molar-refractivity contribution >= 4 is 40.2 Å². The summed E-state index contributed by atoms with van der Waals surface area (Å²) in [5.41, 5.74) is 0.117. The van der Waals surface area contributed by atoms with E-state index >= 15 is 0 Å². The molecular formula is C16H13FINO4. The van der Waals surface area contributed by atoms with Gasteiger partial charge in [-0.2, -0.15) is 0 Å². The maximum absolute atomic E-state index is 13.8. The Morgan fingerprint density at radius 2 is 1.91 bits per heavy atom. The van der Waals surface area contributed by atoms with Gasteiger partial charge in [-0.25, -0.2) is 9.18 Å². The van der Waals surface area contributed by atoms with Crippen molar-refractivity contribution in [2.75, 3.05) is 19.5 Å². The topological polar surface area (TPSA) is 64.6 Å². The van der Waals surface area contributed by atoms with Gasteiger partial charge in [-0.3, -0.25) is 4.79 Å². The lowest BCUT2D eigenvalue weighted by Crippen LogP contribution is -2.17. The highest BCUT2D eigenvalue weighted by Gasteiger charge is 2.20. The van der Waals surface area contributed by atoms with Crippen LogP contribution in [0.5, 0.6) is 5.75 Å². The van der Waals surface area contributed by atoms with Gasteiger partial charge >= 0.3 is 5.97 Å². The second-order valence-corrected chi connectivity index (χ2v) is 5.62. The highest BCUT2D eigenvalue weighted by molar-refractivity contribution is 14.1. The van der Waals surface area contributed by atoms with Crippen molar-refractivity contribution in [2.24, 2.45) is 0 Å². The molecule has 0 unspecified atom stereocenters. The zero-order valence-corrected chi connectivity index (χ0v) is 14.5. The summed E-state index contributed by atoms with van der Waals surface area (Å²) in [5.74, 6) is -1.47. The summed E-state index contributed by atoms with van der Waals surface area (Å²) in [5, 5.41) is 2.54. The number of halogens is 2. The molecular weight excluding hydrogens is 416 g/mol. The molecule has 2 aromatic carbocycles. The molecule has 1 amide bonds. The van der Waals surface area contributed by atoms with Gasteiger partial charge in [0.05, 0.1) is 25.5 Å². The van der Waals surface area contributed by atoms with Crippen LogP contribution in [0.25, 0.3) is 0 Å². The zero-order valence-electron chi connectivity index (χ0n) is 12.4. The van der Waals surface area contributed by atoms with Crippen molar-refractivity contribution in [1.82, 2.24) is 0 Å². The fraction of sp³-hybridized carbons (Fsp3) is 0.125. The molecule has 7 heteroatoms. The average Bonchev–Trinajstić information content (AvgIpc) is 2.54. The monoisotopic (exact) mass is 429 g/mol. The van der Waals surface area contributed by atoms with Gasteiger partial charge in [0.25, 0.3) is 5.91 Å². The predicted molar refractivity (Wildman–Crippen MR) is 91.4 cm³/mol. The molecule has 0 aliphatic carbocycles. The predicted octanol–water partition coefficient (Wildman–Crippen LogP) is 3.48. The summed E-state index contributed by atoms with van der Waals surface area (Å²) < 4.78 is 24.1. The smallest absolute Gasteiger partial charge is 0.342 e. The number of benzene rings is 2. The highest BCUT2D eigenvalue weighted by Crippen LogP contribution is 2.23. The Bertz CT molecular complexity index is 764. The Kier molecular flexibility index (Phi) is 5.54. The first-order valence-corrected chi connectivity index (χ1v) is 7.57. The third-order valence-electron chi connectivity index (χ3n) is 3.07. The number of rotatable bonds is 4. The number of anilines is 1. The third kappa shape index (κ3) is 3.79. The van der Waals surface area contributed by atoms with Crippen LogP contribution < -0.4 is 10.1 Å². The van der Waals surface area contributed by atoms with Crippen LogP contribution in [0.2, 0.25) is 0 Å². The van der Waals surface area contributed by atoms with Gasteiger partial charge < -0.3 is 14.8 Å². The zero-order chi connectivity index (χ0) is 17.0. The fourth-order valence-electron chi connectivity index (χ4n) is 1.93. The molecule has 5 nitrogen and oxygen atoms in total. The van der Waals surface area contributed by atoms with Gasteiger partial charge in [-0.15, -0.1) is 0 Å². The van der Waals surface area contributed by atoms with E-state index in [9.17, 15) is 14.0 Å². The molecule has 0 fully saturated rings. The Morgan fingerprint density at radius 1 is 1.17 bits per heavy atom. The molecule has 0 saturated carbocycles. The molecule has 0 aliphatic heterocycles. The molecule has 0 aliphatic rings. The van der Waals surface area contributed by atoms with Gasteiger partial charge in [-0.05, 0) is 52.9 Å². The molecule has 0 heterocycles. The van der Waals surface area contributed by atoms with Crippen LogP contribution in [0, 0.1) is 9.39 Å². The minimum absolute atomic E-state index is 0.0495. The first kappa shape index (κ1) is 17.2. The van der Waals surface area contributed by atoms with E-state index in [-0.39, 0.29) is 11.3 Å². The van der Waals surface area contributed by atoms with Gasteiger partial charge in [0.15, 0.2) is 0 Å². The third-order valence-corrected chi connectivity index (χ3v) is 3.96. The number of esters is 1. The molecule has 2 rings (SSSR count). The van der Waals surface area contributed by atoms with Crippen molar-refractivity contribution in [3.05, 3.63) is 56.9 Å². The number of hydrogen-bond acceptors (Lipinski definition) is 4. The van der Waals surface area contributed by atoms with Crippen molar-refractivity contribution in [2.45, 2.75) is 0 Å². The van der Waals surface area contributed by atoms with Crippen LogP contribution >= 0.6 is 22.6 Å². The van der Waals surface area contributed by atoms with Gasteiger partial charge in [0.1, 0.15) is 17.1 Å². The number of methoxy groups -OCH3 is 2. The van der Waals surface area contributed by atoms with Crippen LogP contribution in [0.1, 0.15) is 20.7 Å². The molecule has 1 N–H and O–H groups in total. The molecule has 0 spiro atoms. The second-order valence-electron chi connectivity index (χ2n) is 4.45. The maximum atomic E-state index is 13.8. The van der Waals surface area contributed by atoms with Crippen LogP contribution in [0.3, 0.4) is 0 Å². The van der Waals surface area contributed by atoms with Crippen molar-refractivity contribution in [1.29, 1.82) is 0 Å². The summed E-state index contributed by atoms with van der Waals surface area (Å²) >= 11 is 2.00. The molecule has 120 valence electrons. The molecule has 2 aromatic rings. The Labute approximate surface area is 145 Å². The fourth-order valence-corrected chi connectivity index (χ4v) is 2.67. The summed E-state index contributed by atoms with van der Waals surface area (Å²) in [4.78, 5) is 24.1. The van der Waals surface area contributed by atoms with Crippen molar-refractivity contribution in [3.63, 3.8) is 0 Å². The Balaban J connectivity index is 2.34. The first-order chi connectivity index (χ1) is 11.0. The van der Waals surface area contributed by atoms with Crippen molar-refractivity contribution < 1.29 is 23.5 Å². The van der Waals surface area contributed by atoms with E-state index in [4.69, 9.17) is 4.74 Å². The van der Waals surface area contributed by atoms with Gasteiger partial charge in [0, 0.05) is 3.57 Å². The normalized spacial score (nSPS) is 10.1. The molecule has 0 radical (unpaired) electrons. The van der Waals surface area contributed by atoms with Crippen LogP contribution in [-0.4, -0.2) is 26.1 Å². The van der Waals surface area contributed by atoms with Gasteiger partial charge in [0.2, 0.25) is 0 Å². The van der Waals surface area contributed by atoms with E-state index in [1.54, 1.807) is 18.2 Å². The second kappa shape index (κ2) is 7.40. The average molecular weight is 429 g/mol. The minimum Gasteiger partial charge on any atom is -0.497 e. The quantitative estimate of drug-likeness (QED) is 0.598. The van der Waals surface area contributed by atoms with Crippen LogP contribution in [-0.2, 0) is 4.74 Å². The molecule has 23 heavy (non-hydrogen) atoms. The standard InChI is InChI=1S/C16H13FINO4/c1-22-9-6-7-10(12(18)8-9)15(20)19-13-5-3-4-11(17)14(13)16(21)23-2/h3-8H,1-2H3,(H,19,20). The number of carbonyl (C=O) groups excluding carboxylic acids is 2. The summed E-state index contributed by atoms with van der Waals surface area (Å²) in [6.07, 6.45) is 0. The summed E-state index contributed by atoms with van der Waals surface area (Å²) in [7, 11) is 2.67. The van der Waals surface area contributed by atoms with E-state index in [1.807, 2.05) is 22.6 Å². The van der Waals surface area contributed by atoms with E-state index in [0.29, 0.717) is 14.9 Å². The molecule has 0 atom stereocenters. The number of amides is 1. The lowest BCUT2D eigenvalue weighted by atomic mass is 10.1. The van der Waals surface area contributed by atoms with Crippen molar-refractivity contribution in [3.8, 4) is 5.75 Å². The Morgan fingerprint density at radius 3 is 2.52 bits per heavy atom. The summed E-state index contributed by atoms with van der Waals surface area (Å²) in [6, 6.07) is 8.89. The minimum atomic E-state index is -0.858. The van der Waals surface area contributed by atoms with E-state index in [0.717, 1.165) is 13.2 Å². The van der Waals surface area contributed by atoms with E-state index in [1.165, 1.54) is 19.2 Å². The first-order valence-electron chi connectivity index (χ1n) is 6.49. The molecule has 0 bridgehead atoms. The number of nitrogens with one attached hydrogen (secondary N) is 1. The lowest BCUT2D eigenvalue weighted by Gasteiger charge is -2.12. The van der Waals surface area contributed by atoms with Crippen LogP contribution in [0.15, 0.2) is 36.4 Å². The Hall–Kier alpha value is -2.16. The SMILES string of the molecule is COC(=O)c1c(F)cccc1NC(=O)c1ccc(OC)cc1I. The maximum Gasteiger partial charge on any atom is 0.342 e. The van der Waals surface area contributed by atoms with Gasteiger partial charge in [-0.1, -0.05) is 6.07 Å². The molecule has 0 aromatic heterocycles. The number of carbonyl (C=O) groups is 2. The van der Waals surface area contributed by atoms with E-state index in [2.05, 4.69) is 10.1 Å².